The van der Waals surface area contributed by atoms with E-state index in [0.717, 1.165) is 23.0 Å². The Hall–Kier alpha value is -2.21. The maximum Gasteiger partial charge on any atom is 0.251 e. The van der Waals surface area contributed by atoms with E-state index in [0.29, 0.717) is 11.0 Å². The van der Waals surface area contributed by atoms with Crippen molar-refractivity contribution in [2.75, 3.05) is 5.32 Å². The lowest BCUT2D eigenvalue weighted by Gasteiger charge is -2.20. The molecule has 3 aromatic rings. The van der Waals surface area contributed by atoms with E-state index in [1.165, 1.54) is 11.3 Å². The molecule has 1 N–H and O–H groups in total. The molecule has 120 valence electrons. The molecule has 6 heteroatoms. The van der Waals surface area contributed by atoms with Crippen LogP contribution in [-0.4, -0.2) is 20.7 Å². The Kier molecular flexibility index (Phi) is 4.43. The third-order valence-electron chi connectivity index (χ3n) is 3.81. The van der Waals surface area contributed by atoms with Gasteiger partial charge in [-0.3, -0.25) is 9.48 Å². The Morgan fingerprint density at radius 1 is 1.35 bits per heavy atom. The van der Waals surface area contributed by atoms with Crippen LogP contribution < -0.4 is 5.32 Å². The lowest BCUT2D eigenvalue weighted by Crippen LogP contribution is -2.28. The lowest BCUT2D eigenvalue weighted by atomic mass is 10.0. The quantitative estimate of drug-likeness (QED) is 0.769. The first-order valence-corrected chi connectivity index (χ1v) is 8.58. The molecule has 0 aliphatic carbocycles. The maximum absolute atomic E-state index is 12.8. The average molecular weight is 328 g/mol. The molecule has 1 aromatic carbocycles. The number of rotatable bonds is 5. The van der Waals surface area contributed by atoms with Gasteiger partial charge in [0.25, 0.3) is 5.91 Å². The van der Waals surface area contributed by atoms with Crippen LogP contribution in [0.5, 0.6) is 0 Å². The first kappa shape index (κ1) is 15.7. The van der Waals surface area contributed by atoms with E-state index in [4.69, 9.17) is 0 Å². The third-order valence-corrected chi connectivity index (χ3v) is 4.50. The highest BCUT2D eigenvalue weighted by Crippen LogP contribution is 2.26. The summed E-state index contributed by atoms with van der Waals surface area (Å²) in [7, 11) is 0. The molecule has 1 atom stereocenters. The van der Waals surface area contributed by atoms with Crippen molar-refractivity contribution in [1.29, 1.82) is 0 Å². The van der Waals surface area contributed by atoms with E-state index in [9.17, 15) is 4.79 Å². The van der Waals surface area contributed by atoms with Crippen molar-refractivity contribution < 1.29 is 4.79 Å². The monoisotopic (exact) mass is 328 g/mol. The SMILES string of the molecule is Cc1c2ccccc2nn1C(CC(C)C)C(=O)Nc1nccs1. The zero-order chi connectivity index (χ0) is 16.4. The molecule has 5 nitrogen and oxygen atoms in total. The molecule has 23 heavy (non-hydrogen) atoms. The van der Waals surface area contributed by atoms with Gasteiger partial charge in [0.05, 0.1) is 5.52 Å². The highest BCUT2D eigenvalue weighted by Gasteiger charge is 2.25. The van der Waals surface area contributed by atoms with Gasteiger partial charge in [-0.1, -0.05) is 32.0 Å². The zero-order valence-corrected chi connectivity index (χ0v) is 14.3. The summed E-state index contributed by atoms with van der Waals surface area (Å²) in [6.45, 7) is 6.24. The van der Waals surface area contributed by atoms with Crippen molar-refractivity contribution in [3.8, 4) is 0 Å². The standard InChI is InChI=1S/C17H20N4OS/c1-11(2)10-15(16(22)19-17-18-8-9-23-17)21-12(3)13-6-4-5-7-14(13)20-21/h4-9,11,15H,10H2,1-3H3,(H,18,19,22). The number of fused-ring (bicyclic) bond motifs is 1. The summed E-state index contributed by atoms with van der Waals surface area (Å²) in [5.41, 5.74) is 1.93. The molecule has 3 rings (SSSR count). The van der Waals surface area contributed by atoms with Gasteiger partial charge < -0.3 is 5.32 Å². The number of aromatic nitrogens is 3. The predicted octanol–water partition coefficient (Wildman–Crippen LogP) is 4.03. The molecular formula is C17H20N4OS. The number of thiazole rings is 1. The van der Waals surface area contributed by atoms with Gasteiger partial charge in [0.1, 0.15) is 6.04 Å². The second-order valence-corrected chi connectivity index (χ2v) is 6.91. The largest absolute Gasteiger partial charge is 0.300 e. The molecule has 1 unspecified atom stereocenters. The Labute approximate surface area is 139 Å². The smallest absolute Gasteiger partial charge is 0.251 e. The molecule has 0 fully saturated rings. The summed E-state index contributed by atoms with van der Waals surface area (Å²) in [5.74, 6) is 0.318. The van der Waals surface area contributed by atoms with Crippen LogP contribution >= 0.6 is 11.3 Å². The zero-order valence-electron chi connectivity index (χ0n) is 13.5. The van der Waals surface area contributed by atoms with Gasteiger partial charge in [0.15, 0.2) is 5.13 Å². The van der Waals surface area contributed by atoms with Crippen molar-refractivity contribution in [3.63, 3.8) is 0 Å². The first-order valence-electron chi connectivity index (χ1n) is 7.70. The second kappa shape index (κ2) is 6.50. The topological polar surface area (TPSA) is 59.8 Å². The summed E-state index contributed by atoms with van der Waals surface area (Å²) in [5, 5.41) is 11.1. The highest BCUT2D eigenvalue weighted by molar-refractivity contribution is 7.13. The first-order chi connectivity index (χ1) is 11.1. The number of hydrogen-bond donors (Lipinski definition) is 1. The predicted molar refractivity (Wildman–Crippen MR) is 93.7 cm³/mol. The van der Waals surface area contributed by atoms with Gasteiger partial charge in [0.2, 0.25) is 0 Å². The van der Waals surface area contributed by atoms with Crippen LogP contribution in [0, 0.1) is 12.8 Å². The molecule has 1 amide bonds. The van der Waals surface area contributed by atoms with Crippen molar-refractivity contribution in [1.82, 2.24) is 14.8 Å². The molecule has 2 heterocycles. The van der Waals surface area contributed by atoms with Gasteiger partial charge in [0, 0.05) is 22.7 Å². The van der Waals surface area contributed by atoms with Crippen LogP contribution in [0.15, 0.2) is 35.8 Å². The summed E-state index contributed by atoms with van der Waals surface area (Å²) in [4.78, 5) is 16.9. The highest BCUT2D eigenvalue weighted by atomic mass is 32.1. The Bertz CT molecular complexity index is 807. The number of nitrogens with one attached hydrogen (secondary N) is 1. The molecule has 0 aliphatic rings. The van der Waals surface area contributed by atoms with Crippen LogP contribution in [-0.2, 0) is 4.79 Å². The fourth-order valence-electron chi connectivity index (χ4n) is 2.72. The lowest BCUT2D eigenvalue weighted by molar-refractivity contribution is -0.120. The molecule has 0 aliphatic heterocycles. The van der Waals surface area contributed by atoms with E-state index in [2.05, 4.69) is 29.2 Å². The Balaban J connectivity index is 1.97. The van der Waals surface area contributed by atoms with Crippen LogP contribution in [0.3, 0.4) is 0 Å². The fourth-order valence-corrected chi connectivity index (χ4v) is 3.25. The van der Waals surface area contributed by atoms with Gasteiger partial charge in [-0.2, -0.15) is 5.10 Å². The summed E-state index contributed by atoms with van der Waals surface area (Å²) < 4.78 is 1.85. The normalized spacial score (nSPS) is 12.7. The fraction of sp³-hybridized carbons (Fsp3) is 0.353. The van der Waals surface area contributed by atoms with E-state index in [1.807, 2.05) is 41.3 Å². The summed E-state index contributed by atoms with van der Waals surface area (Å²) in [6, 6.07) is 7.63. The van der Waals surface area contributed by atoms with Gasteiger partial charge in [-0.25, -0.2) is 4.98 Å². The van der Waals surface area contributed by atoms with E-state index in [1.54, 1.807) is 6.20 Å². The molecular weight excluding hydrogens is 308 g/mol. The molecule has 0 saturated carbocycles. The Morgan fingerprint density at radius 2 is 2.13 bits per heavy atom. The molecule has 2 aromatic heterocycles. The van der Waals surface area contributed by atoms with Crippen molar-refractivity contribution in [2.45, 2.75) is 33.2 Å². The van der Waals surface area contributed by atoms with Crippen molar-refractivity contribution in [2.24, 2.45) is 5.92 Å². The van der Waals surface area contributed by atoms with E-state index >= 15 is 0 Å². The molecule has 0 spiro atoms. The van der Waals surface area contributed by atoms with Crippen molar-refractivity contribution >= 4 is 33.3 Å². The minimum Gasteiger partial charge on any atom is -0.300 e. The molecule has 0 saturated heterocycles. The number of hydrogen-bond acceptors (Lipinski definition) is 4. The minimum absolute atomic E-state index is 0.0652. The number of anilines is 1. The van der Waals surface area contributed by atoms with Gasteiger partial charge >= 0.3 is 0 Å². The minimum atomic E-state index is -0.341. The number of nitrogens with zero attached hydrogens (tertiary/aromatic N) is 3. The van der Waals surface area contributed by atoms with Gasteiger partial charge in [-0.15, -0.1) is 11.3 Å². The Morgan fingerprint density at radius 3 is 2.78 bits per heavy atom. The summed E-state index contributed by atoms with van der Waals surface area (Å²) in [6.07, 6.45) is 2.41. The number of benzene rings is 1. The average Bonchev–Trinajstić information content (AvgIpc) is 3.13. The number of aryl methyl sites for hydroxylation is 1. The van der Waals surface area contributed by atoms with E-state index in [-0.39, 0.29) is 11.9 Å². The van der Waals surface area contributed by atoms with Crippen LogP contribution in [0.1, 0.15) is 32.0 Å². The van der Waals surface area contributed by atoms with Crippen molar-refractivity contribution in [3.05, 3.63) is 41.5 Å². The number of carbonyl (C=O) groups is 1. The second-order valence-electron chi connectivity index (χ2n) is 6.02. The van der Waals surface area contributed by atoms with E-state index < -0.39 is 0 Å². The van der Waals surface area contributed by atoms with Gasteiger partial charge in [-0.05, 0) is 25.3 Å². The van der Waals surface area contributed by atoms with Crippen LogP contribution in [0.4, 0.5) is 5.13 Å². The maximum atomic E-state index is 12.8. The third kappa shape index (κ3) is 3.27. The van der Waals surface area contributed by atoms with Crippen LogP contribution in [0.25, 0.3) is 10.9 Å². The van der Waals surface area contributed by atoms with Crippen LogP contribution in [0.2, 0.25) is 0 Å². The molecule has 0 radical (unpaired) electrons. The number of amides is 1. The number of carbonyl (C=O) groups excluding carboxylic acids is 1. The summed E-state index contributed by atoms with van der Waals surface area (Å²) >= 11 is 1.42. The molecule has 0 bridgehead atoms.